The van der Waals surface area contributed by atoms with Crippen molar-refractivity contribution >= 4 is 5.69 Å². The Labute approximate surface area is 115 Å². The van der Waals surface area contributed by atoms with E-state index in [1.54, 1.807) is 6.26 Å². The van der Waals surface area contributed by atoms with Crippen LogP contribution in [-0.4, -0.2) is 19.0 Å². The number of furan rings is 1. The van der Waals surface area contributed by atoms with Gasteiger partial charge < -0.3 is 14.6 Å². The fraction of sp³-hybridized carbons (Fsp3) is 0.375. The molecule has 0 amide bonds. The van der Waals surface area contributed by atoms with Gasteiger partial charge in [-0.25, -0.2) is 0 Å². The highest BCUT2D eigenvalue weighted by molar-refractivity contribution is 5.47. The molecule has 0 aliphatic carbocycles. The standard InChI is InChI=1S/C16H22N2O/c1-4-15(16-9-6-10-19-16)17-14-8-5-7-13(11-14)12-18(2)3/h5-11,15,17H,4,12H2,1-3H3. The zero-order chi connectivity index (χ0) is 13.7. The van der Waals surface area contributed by atoms with E-state index in [9.17, 15) is 0 Å². The van der Waals surface area contributed by atoms with Gasteiger partial charge in [-0.15, -0.1) is 0 Å². The molecule has 1 unspecified atom stereocenters. The molecular formula is C16H22N2O. The molecule has 0 radical (unpaired) electrons. The molecule has 0 fully saturated rings. The minimum atomic E-state index is 0.226. The Morgan fingerprint density at radius 2 is 2.05 bits per heavy atom. The summed E-state index contributed by atoms with van der Waals surface area (Å²) in [6, 6.07) is 12.7. The third-order valence-electron chi connectivity index (χ3n) is 3.06. The molecule has 19 heavy (non-hydrogen) atoms. The second-order valence-electron chi connectivity index (χ2n) is 5.06. The third kappa shape index (κ3) is 3.86. The van der Waals surface area contributed by atoms with Gasteiger partial charge in [0.15, 0.2) is 0 Å². The lowest BCUT2D eigenvalue weighted by atomic mass is 10.1. The Balaban J connectivity index is 2.09. The van der Waals surface area contributed by atoms with Gasteiger partial charge in [-0.3, -0.25) is 0 Å². The van der Waals surface area contributed by atoms with Crippen molar-refractivity contribution < 1.29 is 4.42 Å². The molecule has 0 saturated carbocycles. The molecule has 1 N–H and O–H groups in total. The van der Waals surface area contributed by atoms with Gasteiger partial charge in [-0.05, 0) is 50.3 Å². The van der Waals surface area contributed by atoms with Crippen LogP contribution in [0.1, 0.15) is 30.7 Å². The van der Waals surface area contributed by atoms with Crippen molar-refractivity contribution in [3.63, 3.8) is 0 Å². The van der Waals surface area contributed by atoms with Gasteiger partial charge in [0.2, 0.25) is 0 Å². The molecule has 0 bridgehead atoms. The largest absolute Gasteiger partial charge is 0.467 e. The van der Waals surface area contributed by atoms with E-state index >= 15 is 0 Å². The van der Waals surface area contributed by atoms with Gasteiger partial charge in [-0.1, -0.05) is 19.1 Å². The Morgan fingerprint density at radius 1 is 1.21 bits per heavy atom. The van der Waals surface area contributed by atoms with Crippen LogP contribution in [0.4, 0.5) is 5.69 Å². The highest BCUT2D eigenvalue weighted by atomic mass is 16.3. The van der Waals surface area contributed by atoms with Crippen molar-refractivity contribution in [3.05, 3.63) is 54.0 Å². The van der Waals surface area contributed by atoms with Gasteiger partial charge in [0.25, 0.3) is 0 Å². The minimum Gasteiger partial charge on any atom is -0.467 e. The lowest BCUT2D eigenvalue weighted by molar-refractivity contribution is 0.402. The number of nitrogens with one attached hydrogen (secondary N) is 1. The van der Waals surface area contributed by atoms with E-state index in [1.165, 1.54) is 5.56 Å². The van der Waals surface area contributed by atoms with Gasteiger partial charge >= 0.3 is 0 Å². The summed E-state index contributed by atoms with van der Waals surface area (Å²) in [5, 5.41) is 3.53. The average Bonchev–Trinajstić information content (AvgIpc) is 2.89. The van der Waals surface area contributed by atoms with E-state index in [2.05, 4.69) is 55.5 Å². The quantitative estimate of drug-likeness (QED) is 0.851. The van der Waals surface area contributed by atoms with E-state index < -0.39 is 0 Å². The number of hydrogen-bond donors (Lipinski definition) is 1. The molecular weight excluding hydrogens is 236 g/mol. The Bertz CT molecular complexity index is 491. The lowest BCUT2D eigenvalue weighted by Gasteiger charge is -2.17. The van der Waals surface area contributed by atoms with Crippen LogP contribution in [0.2, 0.25) is 0 Å². The molecule has 1 atom stereocenters. The summed E-state index contributed by atoms with van der Waals surface area (Å²) in [5.74, 6) is 0.987. The number of nitrogens with zero attached hydrogens (tertiary/aromatic N) is 1. The minimum absolute atomic E-state index is 0.226. The van der Waals surface area contributed by atoms with Crippen LogP contribution in [0.25, 0.3) is 0 Å². The second-order valence-corrected chi connectivity index (χ2v) is 5.06. The predicted octanol–water partition coefficient (Wildman–Crippen LogP) is 3.90. The fourth-order valence-corrected chi connectivity index (χ4v) is 2.19. The summed E-state index contributed by atoms with van der Waals surface area (Å²) in [6.45, 7) is 3.11. The Kier molecular flexibility index (Phi) is 4.63. The van der Waals surface area contributed by atoms with Gasteiger partial charge in [0, 0.05) is 12.2 Å². The highest BCUT2D eigenvalue weighted by Gasteiger charge is 2.11. The molecule has 0 aliphatic rings. The highest BCUT2D eigenvalue weighted by Crippen LogP contribution is 2.23. The van der Waals surface area contributed by atoms with Crippen LogP contribution in [0.5, 0.6) is 0 Å². The van der Waals surface area contributed by atoms with E-state index in [0.29, 0.717) is 0 Å². The molecule has 0 spiro atoms. The van der Waals surface area contributed by atoms with Crippen LogP contribution in [0.15, 0.2) is 47.1 Å². The van der Waals surface area contributed by atoms with Gasteiger partial charge in [0.05, 0.1) is 12.3 Å². The first-order chi connectivity index (χ1) is 9.19. The zero-order valence-electron chi connectivity index (χ0n) is 11.9. The normalized spacial score (nSPS) is 12.6. The smallest absolute Gasteiger partial charge is 0.125 e. The topological polar surface area (TPSA) is 28.4 Å². The summed E-state index contributed by atoms with van der Waals surface area (Å²) in [5.41, 5.74) is 2.45. The molecule has 0 aliphatic heterocycles. The first kappa shape index (κ1) is 13.7. The number of anilines is 1. The Morgan fingerprint density at radius 3 is 2.68 bits per heavy atom. The van der Waals surface area contributed by atoms with Crippen molar-refractivity contribution in [3.8, 4) is 0 Å². The van der Waals surface area contributed by atoms with Crippen molar-refractivity contribution in [2.75, 3.05) is 19.4 Å². The van der Waals surface area contributed by atoms with Crippen molar-refractivity contribution in [2.45, 2.75) is 25.9 Å². The first-order valence-corrected chi connectivity index (χ1v) is 6.72. The SMILES string of the molecule is CCC(Nc1cccc(CN(C)C)c1)c1ccco1. The van der Waals surface area contributed by atoms with E-state index in [1.807, 2.05) is 12.1 Å². The number of benzene rings is 1. The van der Waals surface area contributed by atoms with Crippen molar-refractivity contribution in [1.82, 2.24) is 4.90 Å². The molecule has 2 rings (SSSR count). The maximum absolute atomic E-state index is 5.48. The van der Waals surface area contributed by atoms with Crippen LogP contribution in [0.3, 0.4) is 0 Å². The van der Waals surface area contributed by atoms with Crippen LogP contribution >= 0.6 is 0 Å². The lowest BCUT2D eigenvalue weighted by Crippen LogP contribution is -2.12. The maximum atomic E-state index is 5.48. The summed E-state index contributed by atoms with van der Waals surface area (Å²) < 4.78 is 5.48. The van der Waals surface area contributed by atoms with E-state index in [4.69, 9.17) is 4.42 Å². The summed E-state index contributed by atoms with van der Waals surface area (Å²) >= 11 is 0. The predicted molar refractivity (Wildman–Crippen MR) is 79.2 cm³/mol. The molecule has 1 aromatic carbocycles. The Hall–Kier alpha value is -1.74. The summed E-state index contributed by atoms with van der Waals surface area (Å²) in [4.78, 5) is 2.17. The van der Waals surface area contributed by atoms with Crippen molar-refractivity contribution in [1.29, 1.82) is 0 Å². The molecule has 0 saturated heterocycles. The van der Waals surface area contributed by atoms with Gasteiger partial charge in [0.1, 0.15) is 5.76 Å². The molecule has 1 aromatic heterocycles. The third-order valence-corrected chi connectivity index (χ3v) is 3.06. The van der Waals surface area contributed by atoms with E-state index in [-0.39, 0.29) is 6.04 Å². The molecule has 1 heterocycles. The zero-order valence-corrected chi connectivity index (χ0v) is 11.9. The molecule has 102 valence electrons. The molecule has 3 nitrogen and oxygen atoms in total. The fourth-order valence-electron chi connectivity index (χ4n) is 2.19. The van der Waals surface area contributed by atoms with Crippen molar-refractivity contribution in [2.24, 2.45) is 0 Å². The van der Waals surface area contributed by atoms with Crippen LogP contribution in [0, 0.1) is 0 Å². The molecule has 3 heteroatoms. The monoisotopic (exact) mass is 258 g/mol. The number of rotatable bonds is 6. The summed E-state index contributed by atoms with van der Waals surface area (Å²) in [7, 11) is 4.16. The van der Waals surface area contributed by atoms with Gasteiger partial charge in [-0.2, -0.15) is 0 Å². The van der Waals surface area contributed by atoms with Crippen LogP contribution in [-0.2, 0) is 6.54 Å². The second kappa shape index (κ2) is 6.43. The van der Waals surface area contributed by atoms with Crippen LogP contribution < -0.4 is 5.32 Å². The first-order valence-electron chi connectivity index (χ1n) is 6.72. The summed E-state index contributed by atoms with van der Waals surface area (Å²) in [6.07, 6.45) is 2.72. The average molecular weight is 258 g/mol. The number of hydrogen-bond acceptors (Lipinski definition) is 3. The van der Waals surface area contributed by atoms with E-state index in [0.717, 1.165) is 24.4 Å². The maximum Gasteiger partial charge on any atom is 0.125 e. The molecule has 2 aromatic rings.